The molecule has 0 unspecified atom stereocenters. The molecule has 0 radical (unpaired) electrons. The number of halogens is 6. The Morgan fingerprint density at radius 2 is 1.24 bits per heavy atom. The minimum absolute atomic E-state index is 0.209. The van der Waals surface area contributed by atoms with Crippen molar-refractivity contribution in [1.82, 2.24) is 40.5 Å². The number of hydroxylamine groups is 2. The van der Waals surface area contributed by atoms with E-state index in [1.54, 1.807) is 17.5 Å². The van der Waals surface area contributed by atoms with Crippen molar-refractivity contribution < 1.29 is 55.0 Å². The first-order valence-electron chi connectivity index (χ1n) is 19.8. The molecule has 0 spiro atoms. The third kappa shape index (κ3) is 10.6. The Bertz CT molecular complexity index is 2370. The fourth-order valence-electron chi connectivity index (χ4n) is 7.90. The second-order valence-electron chi connectivity index (χ2n) is 15.2. The highest BCUT2D eigenvalue weighted by Gasteiger charge is 2.42. The number of nitrogens with one attached hydrogen (secondary N) is 4. The highest BCUT2D eigenvalue weighted by molar-refractivity contribution is 5.90. The Kier molecular flexibility index (Phi) is 13.1. The van der Waals surface area contributed by atoms with Gasteiger partial charge in [0.25, 0.3) is 0 Å². The van der Waals surface area contributed by atoms with E-state index in [0.717, 1.165) is 59.4 Å². The van der Waals surface area contributed by atoms with Crippen LogP contribution >= 0.6 is 0 Å². The van der Waals surface area contributed by atoms with Gasteiger partial charge in [-0.15, -0.1) is 0 Å². The summed E-state index contributed by atoms with van der Waals surface area (Å²) in [4.78, 5) is 59.4. The van der Waals surface area contributed by atoms with Gasteiger partial charge >= 0.3 is 24.5 Å². The quantitative estimate of drug-likeness (QED) is 0.0851. The van der Waals surface area contributed by atoms with Crippen molar-refractivity contribution in [3.05, 3.63) is 84.7 Å². The number of aromatic nitrogens is 4. The average Bonchev–Trinajstić information content (AvgIpc) is 4.08. The molecule has 7 rings (SSSR count). The lowest BCUT2D eigenvalue weighted by molar-refractivity contribution is -0.190. The summed E-state index contributed by atoms with van der Waals surface area (Å²) in [6, 6.07) is 15.8. The van der Waals surface area contributed by atoms with Gasteiger partial charge in [0.2, 0.25) is 5.91 Å². The number of likely N-dealkylation sites (tertiary alicyclic amines) is 1. The van der Waals surface area contributed by atoms with Crippen LogP contribution in [0, 0.1) is 0 Å². The van der Waals surface area contributed by atoms with Crippen LogP contribution in [-0.4, -0.2) is 106 Å². The van der Waals surface area contributed by atoms with Gasteiger partial charge in [0.15, 0.2) is 0 Å². The Morgan fingerprint density at radius 1 is 0.710 bits per heavy atom. The van der Waals surface area contributed by atoms with Gasteiger partial charge in [0.1, 0.15) is 17.7 Å². The predicted octanol–water partition coefficient (Wildman–Crippen LogP) is 8.37. The molecule has 2 aromatic heterocycles. The van der Waals surface area contributed by atoms with E-state index >= 15 is 0 Å². The number of H-pyrrole nitrogens is 2. The molecular weight excluding hydrogens is 827 g/mol. The predicted molar refractivity (Wildman–Crippen MR) is 213 cm³/mol. The zero-order valence-corrected chi connectivity index (χ0v) is 33.6. The van der Waals surface area contributed by atoms with Gasteiger partial charge in [-0.25, -0.2) is 19.6 Å². The SMILES string of the molecule is COC(=O)N[C@H](CON1CCC[C@H]1c1ncc(-c2ccc3cc(-c4ccc(-c5cnc([C@@H]6CCCN6C(=O)[C@H](CC(F)(F)F)NC(=O)OC)[nH]5)cc4)ccc3c2)[nH]1)CC(F)(F)F. The average molecular weight is 871 g/mol. The number of hydrogen-bond donors (Lipinski definition) is 4. The topological polar surface area (TPSA) is 167 Å². The number of aromatic amines is 2. The second kappa shape index (κ2) is 18.4. The fourth-order valence-corrected chi connectivity index (χ4v) is 7.90. The molecule has 0 bridgehead atoms. The van der Waals surface area contributed by atoms with Crippen molar-refractivity contribution in [2.24, 2.45) is 0 Å². The largest absolute Gasteiger partial charge is 0.453 e. The van der Waals surface area contributed by atoms with Crippen molar-refractivity contribution in [2.75, 3.05) is 33.9 Å². The summed E-state index contributed by atoms with van der Waals surface area (Å²) in [6.45, 7) is 0.290. The molecule has 2 fully saturated rings. The van der Waals surface area contributed by atoms with Crippen LogP contribution in [0.5, 0.6) is 0 Å². The number of imidazole rings is 2. The number of alkyl carbamates (subject to hydrolysis) is 2. The second-order valence-corrected chi connectivity index (χ2v) is 15.2. The number of amides is 3. The van der Waals surface area contributed by atoms with Gasteiger partial charge in [-0.3, -0.25) is 9.63 Å². The van der Waals surface area contributed by atoms with Gasteiger partial charge in [0.05, 0.1) is 75.6 Å². The molecule has 4 N–H and O–H groups in total. The molecule has 14 nitrogen and oxygen atoms in total. The number of methoxy groups -OCH3 is 2. The third-order valence-electron chi connectivity index (χ3n) is 10.9. The van der Waals surface area contributed by atoms with Crippen LogP contribution in [0.15, 0.2) is 73.1 Å². The number of alkyl halides is 6. The summed E-state index contributed by atoms with van der Waals surface area (Å²) in [5, 5.41) is 7.78. The number of fused-ring (bicyclic) bond motifs is 1. The molecule has 4 heterocycles. The standard InChI is InChI=1S/C42H44F6N8O6/c1-60-39(58)51-30(19-41(43,44)45)23-62-56-16-4-6-35(56)37-50-22-33(53-37)29-14-13-27-17-26(11-12-28(27)18-29)24-7-9-25(10-8-24)32-21-49-36(52-32)34-5-3-15-55(34)38(57)31(20-42(46,47)48)54-40(59)61-2/h7-14,17-18,21-22,30-31,34-35H,3-6,15-16,19-20,23H2,1-2H3,(H,49,52)(H,50,53)(H,51,58)(H,54,59)/t30-,31-,34-,35-/m0/s1. The van der Waals surface area contributed by atoms with Crippen molar-refractivity contribution in [3.63, 3.8) is 0 Å². The van der Waals surface area contributed by atoms with Crippen LogP contribution < -0.4 is 10.6 Å². The Balaban J connectivity index is 0.995. The highest BCUT2D eigenvalue weighted by atomic mass is 19.4. The summed E-state index contributed by atoms with van der Waals surface area (Å²) in [5.41, 5.74) is 5.03. The summed E-state index contributed by atoms with van der Waals surface area (Å²) in [5.74, 6) is 0.167. The first-order chi connectivity index (χ1) is 29.6. The number of nitrogens with zero attached hydrogens (tertiary/aromatic N) is 4. The van der Waals surface area contributed by atoms with Gasteiger partial charge in [-0.1, -0.05) is 48.5 Å². The zero-order chi connectivity index (χ0) is 44.2. The molecule has 62 heavy (non-hydrogen) atoms. The molecule has 0 saturated carbocycles. The molecule has 3 aromatic carbocycles. The lowest BCUT2D eigenvalue weighted by Gasteiger charge is -2.28. The normalized spacial score (nSPS) is 18.2. The van der Waals surface area contributed by atoms with Crippen molar-refractivity contribution in [2.45, 2.75) is 75.0 Å². The molecule has 20 heteroatoms. The monoisotopic (exact) mass is 870 g/mol. The van der Waals surface area contributed by atoms with Crippen molar-refractivity contribution in [3.8, 4) is 33.6 Å². The third-order valence-corrected chi connectivity index (χ3v) is 10.9. The van der Waals surface area contributed by atoms with Crippen molar-refractivity contribution >= 4 is 28.9 Å². The van der Waals surface area contributed by atoms with E-state index in [1.807, 2.05) is 59.9 Å². The molecule has 330 valence electrons. The van der Waals surface area contributed by atoms with E-state index in [0.29, 0.717) is 43.1 Å². The van der Waals surface area contributed by atoms with E-state index < -0.39 is 68.0 Å². The van der Waals surface area contributed by atoms with Crippen LogP contribution in [0.3, 0.4) is 0 Å². The molecule has 5 aromatic rings. The van der Waals surface area contributed by atoms with Crippen LogP contribution in [0.1, 0.15) is 62.3 Å². The fraction of sp³-hybridized carbons (Fsp3) is 0.405. The maximum absolute atomic E-state index is 13.3. The number of ether oxygens (including phenoxy) is 2. The summed E-state index contributed by atoms with van der Waals surface area (Å²) >= 11 is 0. The molecule has 4 atom stereocenters. The number of benzene rings is 3. The van der Waals surface area contributed by atoms with Gasteiger partial charge in [-0.2, -0.15) is 31.4 Å². The Hall–Kier alpha value is -6.15. The lowest BCUT2D eigenvalue weighted by atomic mass is 9.98. The molecule has 0 aliphatic carbocycles. The molecule has 2 saturated heterocycles. The van der Waals surface area contributed by atoms with Crippen molar-refractivity contribution in [1.29, 1.82) is 0 Å². The number of rotatable bonds is 13. The van der Waals surface area contributed by atoms with Crippen LogP contribution in [-0.2, 0) is 19.1 Å². The van der Waals surface area contributed by atoms with E-state index in [2.05, 4.69) is 40.8 Å². The number of carbonyl (C=O) groups is 3. The maximum Gasteiger partial charge on any atom is 0.407 e. The number of hydrogen-bond acceptors (Lipinski definition) is 9. The van der Waals surface area contributed by atoms with E-state index in [9.17, 15) is 40.7 Å². The first-order valence-corrected chi connectivity index (χ1v) is 19.8. The summed E-state index contributed by atoms with van der Waals surface area (Å²) < 4.78 is 88.3. The molecular formula is C42H44F6N8O6. The van der Waals surface area contributed by atoms with E-state index in [-0.39, 0.29) is 12.6 Å². The minimum Gasteiger partial charge on any atom is -0.453 e. The zero-order valence-electron chi connectivity index (χ0n) is 33.6. The van der Waals surface area contributed by atoms with E-state index in [4.69, 9.17) is 4.84 Å². The Labute approximate surface area is 351 Å². The van der Waals surface area contributed by atoms with Gasteiger partial charge in [0, 0.05) is 18.7 Å². The van der Waals surface area contributed by atoms with Gasteiger partial charge in [-0.05, 0) is 65.3 Å². The smallest absolute Gasteiger partial charge is 0.407 e. The van der Waals surface area contributed by atoms with Crippen LogP contribution in [0.25, 0.3) is 44.4 Å². The maximum atomic E-state index is 13.3. The van der Waals surface area contributed by atoms with Crippen LogP contribution in [0.4, 0.5) is 35.9 Å². The van der Waals surface area contributed by atoms with Crippen LogP contribution in [0.2, 0.25) is 0 Å². The minimum atomic E-state index is -4.70. The Morgan fingerprint density at radius 3 is 1.89 bits per heavy atom. The van der Waals surface area contributed by atoms with Gasteiger partial charge < -0.3 is 35.0 Å². The highest BCUT2D eigenvalue weighted by Crippen LogP contribution is 2.36. The molecule has 2 aliphatic rings. The number of carbonyl (C=O) groups excluding carboxylic acids is 3. The molecule has 3 amide bonds. The van der Waals surface area contributed by atoms with E-state index in [1.165, 1.54) is 4.90 Å². The molecule has 2 aliphatic heterocycles. The first kappa shape index (κ1) is 43.9. The lowest BCUT2D eigenvalue weighted by Crippen LogP contribution is -2.50. The summed E-state index contributed by atoms with van der Waals surface area (Å²) in [7, 11) is 2.08. The summed E-state index contributed by atoms with van der Waals surface area (Å²) in [6.07, 6.45) is -8.36.